The Morgan fingerprint density at radius 2 is 2.27 bits per heavy atom. The van der Waals surface area contributed by atoms with E-state index >= 15 is 0 Å². The first-order valence-corrected chi connectivity index (χ1v) is 4.13. The molecule has 4 nitrogen and oxygen atoms in total. The summed E-state index contributed by atoms with van der Waals surface area (Å²) in [5.74, 6) is 0.265. The summed E-state index contributed by atoms with van der Waals surface area (Å²) in [7, 11) is 0. The Labute approximate surface area is 79.1 Å². The summed E-state index contributed by atoms with van der Waals surface area (Å²) in [5, 5.41) is 10.6. The van der Waals surface area contributed by atoms with E-state index in [0.717, 1.165) is 0 Å². The second kappa shape index (κ2) is 7.39. The second-order valence-corrected chi connectivity index (χ2v) is 2.28. The first kappa shape index (κ1) is 10.3. The molecule has 60 valence electrons. The van der Waals surface area contributed by atoms with Gasteiger partial charge in [0.25, 0.3) is 0 Å². The Kier molecular flexibility index (Phi) is 6.90. The first-order valence-electron chi connectivity index (χ1n) is 2.89. The van der Waals surface area contributed by atoms with Crippen molar-refractivity contribution in [2.24, 2.45) is 10.1 Å². The number of hydrazone groups is 1. The molecule has 2 N–H and O–H groups in total. The topological polar surface area (TPSA) is 60.6 Å². The molecule has 11 heavy (non-hydrogen) atoms. The number of hydrogen-bond donors (Lipinski definition) is 2. The van der Waals surface area contributed by atoms with Crippen molar-refractivity contribution >= 4 is 40.9 Å². The molecule has 0 bridgehead atoms. The highest BCUT2D eigenvalue weighted by molar-refractivity contribution is 14.1. The Bertz CT molecular complexity index is 195. The number of amidine groups is 1. The van der Waals surface area contributed by atoms with E-state index in [4.69, 9.17) is 5.41 Å². The van der Waals surface area contributed by atoms with Gasteiger partial charge in [-0.1, -0.05) is 22.6 Å². The van der Waals surface area contributed by atoms with E-state index in [-0.39, 0.29) is 5.84 Å². The van der Waals surface area contributed by atoms with E-state index in [1.54, 1.807) is 17.2 Å². The van der Waals surface area contributed by atoms with Gasteiger partial charge in [0.1, 0.15) is 5.84 Å². The smallest absolute Gasteiger partial charge is 0.117 e. The molecule has 0 amide bonds. The minimum Gasteiger partial charge on any atom is -0.287 e. The molecule has 0 aromatic carbocycles. The Morgan fingerprint density at radius 3 is 2.82 bits per heavy atom. The van der Waals surface area contributed by atoms with E-state index in [1.807, 2.05) is 0 Å². The monoisotopic (exact) mass is 264 g/mol. The molecule has 0 aromatic rings. The quantitative estimate of drug-likeness (QED) is 0.345. The van der Waals surface area contributed by atoms with Crippen LogP contribution < -0.4 is 5.43 Å². The lowest BCUT2D eigenvalue weighted by atomic mass is 10.7. The number of halogens is 1. The average Bonchev–Trinajstić information content (AvgIpc) is 1.96. The molecular formula is C6H9IN4. The van der Waals surface area contributed by atoms with Gasteiger partial charge in [-0.15, -0.1) is 0 Å². The fraction of sp³-hybridized carbons (Fsp3) is 0.167. The molecule has 0 heterocycles. The van der Waals surface area contributed by atoms with E-state index in [2.05, 4.69) is 38.1 Å². The van der Waals surface area contributed by atoms with Gasteiger partial charge in [0.05, 0.1) is 6.21 Å². The molecule has 0 unspecified atom stereocenters. The summed E-state index contributed by atoms with van der Waals surface area (Å²) in [6, 6.07) is 0. The van der Waals surface area contributed by atoms with Crippen molar-refractivity contribution in [2.45, 2.75) is 6.92 Å². The predicted octanol–water partition coefficient (Wildman–Crippen LogP) is 1.54. The van der Waals surface area contributed by atoms with Crippen LogP contribution in [0.2, 0.25) is 0 Å². The number of hydrogen-bond acceptors (Lipinski definition) is 3. The third-order valence-corrected chi connectivity index (χ3v) is 0.981. The van der Waals surface area contributed by atoms with Gasteiger partial charge in [0, 0.05) is 12.4 Å². The SMILES string of the molecule is CC(=N)N=C/C=N\N/C=C\I. The zero-order valence-electron chi connectivity index (χ0n) is 6.08. The summed E-state index contributed by atoms with van der Waals surface area (Å²) >= 11 is 2.07. The van der Waals surface area contributed by atoms with Gasteiger partial charge in [-0.05, 0) is 11.0 Å². The standard InChI is InChI=1S/C6H9IN4/c1-6(8)9-4-5-11-10-3-2-7/h2-5,8,10H,1H3/b3-2-,8-6?,9-4?,11-5-. The molecule has 0 aromatic heterocycles. The molecule has 0 saturated carbocycles. The summed E-state index contributed by atoms with van der Waals surface area (Å²) in [6.07, 6.45) is 4.62. The summed E-state index contributed by atoms with van der Waals surface area (Å²) in [4.78, 5) is 3.67. The van der Waals surface area contributed by atoms with Crippen molar-refractivity contribution in [2.75, 3.05) is 0 Å². The summed E-state index contributed by atoms with van der Waals surface area (Å²) < 4.78 is 1.80. The van der Waals surface area contributed by atoms with Crippen molar-refractivity contribution in [3.63, 3.8) is 0 Å². The number of nitrogens with zero attached hydrogens (tertiary/aromatic N) is 2. The van der Waals surface area contributed by atoms with Gasteiger partial charge in [-0.25, -0.2) is 4.99 Å². The van der Waals surface area contributed by atoms with Crippen molar-refractivity contribution in [1.82, 2.24) is 5.43 Å². The molecule has 0 saturated heterocycles. The van der Waals surface area contributed by atoms with Crippen molar-refractivity contribution in [3.05, 3.63) is 10.3 Å². The zero-order chi connectivity index (χ0) is 8.53. The maximum atomic E-state index is 6.92. The molecule has 0 spiro atoms. The predicted molar refractivity (Wildman–Crippen MR) is 56.7 cm³/mol. The van der Waals surface area contributed by atoms with Crippen molar-refractivity contribution in [3.8, 4) is 0 Å². The van der Waals surface area contributed by atoms with Crippen LogP contribution in [0.5, 0.6) is 0 Å². The van der Waals surface area contributed by atoms with Gasteiger partial charge in [-0.2, -0.15) is 5.10 Å². The Balaban J connectivity index is 3.52. The first-order chi connectivity index (χ1) is 5.27. The Morgan fingerprint density at radius 1 is 1.55 bits per heavy atom. The fourth-order valence-corrected chi connectivity index (χ4v) is 0.454. The van der Waals surface area contributed by atoms with Crippen LogP contribution in [0.1, 0.15) is 6.92 Å². The van der Waals surface area contributed by atoms with E-state index in [9.17, 15) is 0 Å². The van der Waals surface area contributed by atoms with Gasteiger partial charge in [0.2, 0.25) is 0 Å². The van der Waals surface area contributed by atoms with Gasteiger partial charge in [-0.3, -0.25) is 10.8 Å². The summed E-state index contributed by atoms with van der Waals surface area (Å²) in [5.41, 5.74) is 2.63. The van der Waals surface area contributed by atoms with E-state index in [1.165, 1.54) is 12.4 Å². The molecule has 0 aliphatic rings. The minimum atomic E-state index is 0.265. The van der Waals surface area contributed by atoms with Crippen LogP contribution in [0.3, 0.4) is 0 Å². The van der Waals surface area contributed by atoms with Gasteiger partial charge >= 0.3 is 0 Å². The molecule has 0 aliphatic carbocycles. The zero-order valence-corrected chi connectivity index (χ0v) is 8.24. The second-order valence-electron chi connectivity index (χ2n) is 1.56. The van der Waals surface area contributed by atoms with Crippen LogP contribution in [-0.2, 0) is 0 Å². The lowest BCUT2D eigenvalue weighted by Gasteiger charge is -1.83. The summed E-state index contributed by atoms with van der Waals surface area (Å²) in [6.45, 7) is 1.60. The lowest BCUT2D eigenvalue weighted by molar-refractivity contribution is 0.982. The fourth-order valence-electron chi connectivity index (χ4n) is 0.293. The Hall–Kier alpha value is -0.720. The highest BCUT2D eigenvalue weighted by Crippen LogP contribution is 1.78. The highest BCUT2D eigenvalue weighted by atomic mass is 127. The van der Waals surface area contributed by atoms with Gasteiger partial charge < -0.3 is 0 Å². The molecular weight excluding hydrogens is 255 g/mol. The molecule has 0 aliphatic heterocycles. The molecule has 0 atom stereocenters. The van der Waals surface area contributed by atoms with Gasteiger partial charge in [0.15, 0.2) is 0 Å². The van der Waals surface area contributed by atoms with Crippen LogP contribution in [0.4, 0.5) is 0 Å². The van der Waals surface area contributed by atoms with Crippen LogP contribution in [0, 0.1) is 5.41 Å². The molecule has 0 radical (unpaired) electrons. The van der Waals surface area contributed by atoms with E-state index in [0.29, 0.717) is 0 Å². The van der Waals surface area contributed by atoms with Crippen LogP contribution in [-0.4, -0.2) is 18.3 Å². The normalized spacial score (nSPS) is 11.8. The number of nitrogens with one attached hydrogen (secondary N) is 2. The number of rotatable bonds is 3. The van der Waals surface area contributed by atoms with Crippen molar-refractivity contribution < 1.29 is 0 Å². The highest BCUT2D eigenvalue weighted by Gasteiger charge is 1.71. The minimum absolute atomic E-state index is 0.265. The van der Waals surface area contributed by atoms with Crippen LogP contribution in [0.15, 0.2) is 20.4 Å². The average molecular weight is 264 g/mol. The maximum Gasteiger partial charge on any atom is 0.117 e. The van der Waals surface area contributed by atoms with Crippen LogP contribution in [0.25, 0.3) is 0 Å². The molecule has 5 heteroatoms. The molecule has 0 rings (SSSR count). The third-order valence-electron chi connectivity index (χ3n) is 0.621. The van der Waals surface area contributed by atoms with Crippen molar-refractivity contribution in [1.29, 1.82) is 5.41 Å². The van der Waals surface area contributed by atoms with E-state index < -0.39 is 0 Å². The largest absolute Gasteiger partial charge is 0.287 e. The molecule has 0 fully saturated rings. The number of aliphatic imine (C=N–C) groups is 1. The third kappa shape index (κ3) is 9.28. The lowest BCUT2D eigenvalue weighted by Crippen LogP contribution is -1.93. The maximum absolute atomic E-state index is 6.92. The van der Waals surface area contributed by atoms with Crippen LogP contribution >= 0.6 is 22.6 Å².